The van der Waals surface area contributed by atoms with Crippen molar-refractivity contribution in [2.45, 2.75) is 12.6 Å². The molecule has 1 aromatic rings. The highest BCUT2D eigenvalue weighted by Crippen LogP contribution is 2.23. The molecule has 70 valence electrons. The molecule has 4 heteroatoms. The Morgan fingerprint density at radius 3 is 3.08 bits per heavy atom. The second-order valence-corrected chi connectivity index (χ2v) is 4.14. The van der Waals surface area contributed by atoms with Crippen molar-refractivity contribution >= 4 is 17.4 Å². The van der Waals surface area contributed by atoms with Gasteiger partial charge < -0.3 is 10.4 Å². The minimum atomic E-state index is 0.0741. The number of aliphatic hydroxyl groups excluding tert-OH is 1. The lowest BCUT2D eigenvalue weighted by molar-refractivity contribution is 0.282. The molecule has 0 atom stereocenters. The van der Waals surface area contributed by atoms with Gasteiger partial charge in [-0.05, 0) is 6.07 Å². The lowest BCUT2D eigenvalue weighted by Crippen LogP contribution is -2.33. The van der Waals surface area contributed by atoms with E-state index in [2.05, 4.69) is 10.3 Å². The minimum absolute atomic E-state index is 0.0741. The van der Waals surface area contributed by atoms with Gasteiger partial charge in [-0.15, -0.1) is 0 Å². The van der Waals surface area contributed by atoms with Gasteiger partial charge in [-0.2, -0.15) is 11.8 Å². The summed E-state index contributed by atoms with van der Waals surface area (Å²) >= 11 is 1.93. The fourth-order valence-electron chi connectivity index (χ4n) is 1.23. The molecule has 2 heterocycles. The Labute approximate surface area is 81.6 Å². The van der Waals surface area contributed by atoms with Gasteiger partial charge in [-0.25, -0.2) is 0 Å². The van der Waals surface area contributed by atoms with Gasteiger partial charge in [0, 0.05) is 29.3 Å². The number of anilines is 1. The van der Waals surface area contributed by atoms with E-state index < -0.39 is 0 Å². The zero-order valence-corrected chi connectivity index (χ0v) is 8.05. The smallest absolute Gasteiger partial charge is 0.0703 e. The first-order valence-corrected chi connectivity index (χ1v) is 5.43. The van der Waals surface area contributed by atoms with Crippen LogP contribution in [0.3, 0.4) is 0 Å². The number of rotatable bonds is 3. The Kier molecular flexibility index (Phi) is 2.71. The van der Waals surface area contributed by atoms with Crippen LogP contribution in [-0.4, -0.2) is 27.6 Å². The van der Waals surface area contributed by atoms with Crippen LogP contribution in [0.2, 0.25) is 0 Å². The molecule has 0 bridgehead atoms. The summed E-state index contributed by atoms with van der Waals surface area (Å²) in [6.07, 6.45) is 3.47. The number of pyridine rings is 1. The molecule has 0 saturated carbocycles. The van der Waals surface area contributed by atoms with Gasteiger partial charge >= 0.3 is 0 Å². The van der Waals surface area contributed by atoms with Gasteiger partial charge in [0.2, 0.25) is 0 Å². The van der Waals surface area contributed by atoms with E-state index >= 15 is 0 Å². The third kappa shape index (κ3) is 1.95. The molecule has 2 N–H and O–H groups in total. The predicted molar refractivity (Wildman–Crippen MR) is 54.9 cm³/mol. The first-order valence-electron chi connectivity index (χ1n) is 4.28. The Morgan fingerprint density at radius 1 is 1.62 bits per heavy atom. The summed E-state index contributed by atoms with van der Waals surface area (Å²) in [4.78, 5) is 4.02. The van der Waals surface area contributed by atoms with Crippen molar-refractivity contribution in [3.63, 3.8) is 0 Å². The van der Waals surface area contributed by atoms with Crippen LogP contribution in [0.5, 0.6) is 0 Å². The van der Waals surface area contributed by atoms with Gasteiger partial charge in [0.25, 0.3) is 0 Å². The average molecular weight is 196 g/mol. The Hall–Kier alpha value is -0.740. The lowest BCUT2D eigenvalue weighted by Gasteiger charge is -2.27. The Balaban J connectivity index is 2.08. The fraction of sp³-hybridized carbons (Fsp3) is 0.444. The second kappa shape index (κ2) is 3.98. The molecule has 1 aliphatic heterocycles. The van der Waals surface area contributed by atoms with Crippen LogP contribution in [0.15, 0.2) is 18.5 Å². The summed E-state index contributed by atoms with van der Waals surface area (Å²) in [5.41, 5.74) is 1.89. The average Bonchev–Trinajstić information content (AvgIpc) is 2.12. The summed E-state index contributed by atoms with van der Waals surface area (Å²) in [6.45, 7) is 0.0741. The van der Waals surface area contributed by atoms with E-state index in [-0.39, 0.29) is 6.61 Å². The van der Waals surface area contributed by atoms with E-state index in [1.54, 1.807) is 12.4 Å². The maximum atomic E-state index is 9.05. The molecule has 2 rings (SSSR count). The molecule has 1 aliphatic rings. The topological polar surface area (TPSA) is 45.2 Å². The molecule has 0 spiro atoms. The SMILES string of the molecule is OCc1ccncc1NC1CSC1. The van der Waals surface area contributed by atoms with Crippen LogP contribution in [0.1, 0.15) is 5.56 Å². The van der Waals surface area contributed by atoms with E-state index in [1.165, 1.54) is 0 Å². The first kappa shape index (κ1) is 8.84. The summed E-state index contributed by atoms with van der Waals surface area (Å²) in [5, 5.41) is 12.4. The molecule has 0 unspecified atom stereocenters. The molecule has 13 heavy (non-hydrogen) atoms. The molecule has 1 saturated heterocycles. The van der Waals surface area contributed by atoms with Crippen molar-refractivity contribution in [3.8, 4) is 0 Å². The zero-order valence-electron chi connectivity index (χ0n) is 7.23. The first-order chi connectivity index (χ1) is 6.40. The molecule has 0 amide bonds. The van der Waals surface area contributed by atoms with Crippen LogP contribution < -0.4 is 5.32 Å². The van der Waals surface area contributed by atoms with E-state index in [4.69, 9.17) is 5.11 Å². The summed E-state index contributed by atoms with van der Waals surface area (Å²) < 4.78 is 0. The molecule has 3 nitrogen and oxygen atoms in total. The molecule has 1 aromatic heterocycles. The number of nitrogens with one attached hydrogen (secondary N) is 1. The number of hydrogen-bond donors (Lipinski definition) is 2. The highest BCUT2D eigenvalue weighted by atomic mass is 32.2. The van der Waals surface area contributed by atoms with Crippen LogP contribution >= 0.6 is 11.8 Å². The van der Waals surface area contributed by atoms with Crippen molar-refractivity contribution in [1.82, 2.24) is 4.98 Å². The third-order valence-electron chi connectivity index (χ3n) is 2.08. The molecule has 0 aromatic carbocycles. The van der Waals surface area contributed by atoms with Crippen LogP contribution in [-0.2, 0) is 6.61 Å². The monoisotopic (exact) mass is 196 g/mol. The van der Waals surface area contributed by atoms with E-state index in [1.807, 2.05) is 17.8 Å². The quantitative estimate of drug-likeness (QED) is 0.760. The van der Waals surface area contributed by atoms with Crippen molar-refractivity contribution < 1.29 is 5.11 Å². The van der Waals surface area contributed by atoms with Crippen molar-refractivity contribution in [2.24, 2.45) is 0 Å². The predicted octanol–water partition coefficient (Wildman–Crippen LogP) is 1.10. The summed E-state index contributed by atoms with van der Waals surface area (Å²) in [5.74, 6) is 2.31. The van der Waals surface area contributed by atoms with Gasteiger partial charge in [-0.1, -0.05) is 0 Å². The standard InChI is InChI=1S/C9H12N2OS/c12-4-7-1-2-10-3-9(7)11-8-5-13-6-8/h1-3,8,11-12H,4-6H2. The van der Waals surface area contributed by atoms with Crippen LogP contribution in [0, 0.1) is 0 Å². The van der Waals surface area contributed by atoms with Crippen LogP contribution in [0.4, 0.5) is 5.69 Å². The van der Waals surface area contributed by atoms with Crippen molar-refractivity contribution in [3.05, 3.63) is 24.0 Å². The molecule has 0 radical (unpaired) electrons. The number of hydrogen-bond acceptors (Lipinski definition) is 4. The van der Waals surface area contributed by atoms with E-state index in [0.29, 0.717) is 6.04 Å². The number of aliphatic hydroxyl groups is 1. The number of nitrogens with zero attached hydrogens (tertiary/aromatic N) is 1. The van der Waals surface area contributed by atoms with Gasteiger partial charge in [0.15, 0.2) is 0 Å². The molecule has 0 aliphatic carbocycles. The highest BCUT2D eigenvalue weighted by molar-refractivity contribution is 8.00. The van der Waals surface area contributed by atoms with Crippen LogP contribution in [0.25, 0.3) is 0 Å². The highest BCUT2D eigenvalue weighted by Gasteiger charge is 2.18. The minimum Gasteiger partial charge on any atom is -0.392 e. The van der Waals surface area contributed by atoms with Gasteiger partial charge in [0.05, 0.1) is 18.5 Å². The number of thioether (sulfide) groups is 1. The molecular weight excluding hydrogens is 184 g/mol. The zero-order chi connectivity index (χ0) is 9.10. The normalized spacial score (nSPS) is 16.7. The van der Waals surface area contributed by atoms with Crippen molar-refractivity contribution in [1.29, 1.82) is 0 Å². The van der Waals surface area contributed by atoms with Gasteiger partial charge in [0.1, 0.15) is 0 Å². The maximum Gasteiger partial charge on any atom is 0.0703 e. The molecule has 1 fully saturated rings. The Morgan fingerprint density at radius 2 is 2.46 bits per heavy atom. The van der Waals surface area contributed by atoms with E-state index in [0.717, 1.165) is 22.8 Å². The molecular formula is C9H12N2OS. The summed E-state index contributed by atoms with van der Waals surface area (Å²) in [7, 11) is 0. The summed E-state index contributed by atoms with van der Waals surface area (Å²) in [6, 6.07) is 2.40. The van der Waals surface area contributed by atoms with Gasteiger partial charge in [-0.3, -0.25) is 4.98 Å². The lowest BCUT2D eigenvalue weighted by atomic mass is 10.2. The third-order valence-corrected chi connectivity index (χ3v) is 3.36. The Bertz CT molecular complexity index is 289. The fourth-order valence-corrected chi connectivity index (χ4v) is 1.87. The largest absolute Gasteiger partial charge is 0.392 e. The second-order valence-electron chi connectivity index (χ2n) is 3.07. The van der Waals surface area contributed by atoms with Crippen molar-refractivity contribution in [2.75, 3.05) is 16.8 Å². The number of aromatic nitrogens is 1. The maximum absolute atomic E-state index is 9.05. The van der Waals surface area contributed by atoms with E-state index in [9.17, 15) is 0 Å².